The fraction of sp³-hybridized carbons (Fsp3) is 0.944. The summed E-state index contributed by atoms with van der Waals surface area (Å²) in [7, 11) is 1.60. The van der Waals surface area contributed by atoms with Gasteiger partial charge in [0.25, 0.3) is 5.91 Å². The third kappa shape index (κ3) is 8.75. The van der Waals surface area contributed by atoms with E-state index >= 15 is 0 Å². The van der Waals surface area contributed by atoms with E-state index in [0.717, 1.165) is 23.6 Å². The number of alkyl halides is 25. The maximum absolute atomic E-state index is 14.5. The molecule has 0 heterocycles. The number of nitrogens with one attached hydrogen (secondary N) is 1. The van der Waals surface area contributed by atoms with Gasteiger partial charge in [0.1, 0.15) is 0 Å². The summed E-state index contributed by atoms with van der Waals surface area (Å²) in [6.45, 7) is -2.20. The van der Waals surface area contributed by atoms with E-state index in [4.69, 9.17) is 0 Å². The average molecular weight is 812 g/mol. The van der Waals surface area contributed by atoms with Crippen LogP contribution in [0.4, 0.5) is 110 Å². The standard InChI is InChI=1S/C18H13F25N2O5/c1-45(2,47)5-3-4-44-6(46)7(19,12(26,27)28)48-17(40,41)10(24,14(32,33)34)50-18(42,43)11(25,15(35,36)37)49-16(38,39)9(22,23)8(20,21)13(29,30)31/h3-5H2,1-2H3,(H,44,46). The summed E-state index contributed by atoms with van der Waals surface area (Å²) >= 11 is 0. The monoisotopic (exact) mass is 812 g/mol. The average Bonchev–Trinajstić information content (AvgIpc) is 2.81. The quantitative estimate of drug-likeness (QED) is 0.0807. The molecular weight excluding hydrogens is 799 g/mol. The Balaban J connectivity index is 7.25. The molecule has 1 amide bonds. The van der Waals surface area contributed by atoms with Gasteiger partial charge in [-0.05, 0) is 0 Å². The van der Waals surface area contributed by atoms with Crippen LogP contribution in [0.15, 0.2) is 0 Å². The van der Waals surface area contributed by atoms with E-state index in [9.17, 15) is 120 Å². The molecule has 1 N–H and O–H groups in total. The second kappa shape index (κ2) is 13.2. The highest BCUT2D eigenvalue weighted by atomic mass is 19.4. The topological polar surface area (TPSA) is 79.9 Å². The molecule has 32 heteroatoms. The Hall–Kier alpha value is -2.48. The van der Waals surface area contributed by atoms with Crippen LogP contribution in [0, 0.1) is 5.21 Å². The van der Waals surface area contributed by atoms with Gasteiger partial charge in [-0.2, -0.15) is 110 Å². The molecule has 0 aliphatic carbocycles. The second-order valence-electron chi connectivity index (χ2n) is 9.69. The molecule has 0 fully saturated rings. The molecule has 0 aromatic rings. The lowest BCUT2D eigenvalue weighted by atomic mass is 10.1. The van der Waals surface area contributed by atoms with E-state index in [2.05, 4.69) is 0 Å². The minimum absolute atomic E-state index is 0.612. The molecule has 50 heavy (non-hydrogen) atoms. The molecule has 0 aromatic heterocycles. The third-order valence-corrected chi connectivity index (χ3v) is 5.22. The van der Waals surface area contributed by atoms with E-state index in [0.29, 0.717) is 5.32 Å². The number of rotatable bonds is 15. The number of hydrogen-bond acceptors (Lipinski definition) is 5. The van der Waals surface area contributed by atoms with Gasteiger partial charge in [0.05, 0.1) is 20.6 Å². The maximum atomic E-state index is 14.5. The Labute approximate surface area is 257 Å². The van der Waals surface area contributed by atoms with Gasteiger partial charge >= 0.3 is 72.4 Å². The van der Waals surface area contributed by atoms with Crippen molar-refractivity contribution >= 4 is 5.91 Å². The zero-order chi connectivity index (χ0) is 41.0. The Morgan fingerprint density at radius 1 is 0.520 bits per heavy atom. The van der Waals surface area contributed by atoms with Crippen LogP contribution in [0.1, 0.15) is 6.42 Å². The first-order valence-electron chi connectivity index (χ1n) is 11.4. The van der Waals surface area contributed by atoms with E-state index in [1.54, 1.807) is 4.74 Å². The molecule has 3 atom stereocenters. The second-order valence-corrected chi connectivity index (χ2v) is 9.69. The zero-order valence-corrected chi connectivity index (χ0v) is 23.1. The van der Waals surface area contributed by atoms with Crippen molar-refractivity contribution in [1.82, 2.24) is 5.32 Å². The first-order chi connectivity index (χ1) is 21.2. The number of amides is 1. The number of hydroxylamine groups is 3. The van der Waals surface area contributed by atoms with Crippen LogP contribution in [0.3, 0.4) is 0 Å². The minimum Gasteiger partial charge on any atom is -0.633 e. The first-order valence-corrected chi connectivity index (χ1v) is 11.4. The Bertz CT molecular complexity index is 1190. The molecule has 0 aliphatic heterocycles. The van der Waals surface area contributed by atoms with E-state index in [-0.39, 0.29) is 0 Å². The van der Waals surface area contributed by atoms with Crippen molar-refractivity contribution in [1.29, 1.82) is 0 Å². The Kier molecular flexibility index (Phi) is 12.5. The molecule has 3 unspecified atom stereocenters. The number of hydrogen-bond donors (Lipinski definition) is 1. The molecular formula is C18H13F25N2O5. The van der Waals surface area contributed by atoms with Gasteiger partial charge in [0.15, 0.2) is 0 Å². The summed E-state index contributed by atoms with van der Waals surface area (Å²) in [5, 5.41) is 11.9. The number of quaternary nitrogens is 1. The van der Waals surface area contributed by atoms with Crippen molar-refractivity contribution in [2.45, 2.75) is 78.9 Å². The minimum atomic E-state index is -8.95. The van der Waals surface area contributed by atoms with Gasteiger partial charge in [-0.1, -0.05) is 0 Å². The summed E-state index contributed by atoms with van der Waals surface area (Å²) in [6.07, 6.45) is -59.7. The van der Waals surface area contributed by atoms with Crippen LogP contribution in [0.2, 0.25) is 0 Å². The molecule has 7 nitrogen and oxygen atoms in total. The normalized spacial score (nSPS) is 19.0. The third-order valence-electron chi connectivity index (χ3n) is 5.22. The van der Waals surface area contributed by atoms with Crippen LogP contribution < -0.4 is 5.32 Å². The molecule has 0 aliphatic rings. The number of carbonyl (C=O) groups is 1. The highest BCUT2D eigenvalue weighted by Crippen LogP contribution is 2.60. The predicted molar refractivity (Wildman–Crippen MR) is 102 cm³/mol. The van der Waals surface area contributed by atoms with Crippen LogP contribution in [0.5, 0.6) is 0 Å². The molecule has 0 saturated heterocycles. The van der Waals surface area contributed by atoms with Gasteiger partial charge in [-0.15, -0.1) is 0 Å². The van der Waals surface area contributed by atoms with Gasteiger partial charge in [0.2, 0.25) is 0 Å². The number of carbonyl (C=O) groups excluding carboxylic acids is 1. The molecule has 0 spiro atoms. The van der Waals surface area contributed by atoms with Gasteiger partial charge in [0, 0.05) is 13.0 Å². The number of halogens is 25. The first kappa shape index (κ1) is 47.5. The van der Waals surface area contributed by atoms with E-state index in [1.165, 1.54) is 0 Å². The fourth-order valence-corrected chi connectivity index (χ4v) is 2.66. The zero-order valence-electron chi connectivity index (χ0n) is 23.1. The van der Waals surface area contributed by atoms with Crippen LogP contribution in [0.25, 0.3) is 0 Å². The fourth-order valence-electron chi connectivity index (χ4n) is 2.66. The summed E-state index contributed by atoms with van der Waals surface area (Å²) in [5.74, 6) is -45.8. The largest absolute Gasteiger partial charge is 0.633 e. The lowest BCUT2D eigenvalue weighted by Crippen LogP contribution is -2.71. The smallest absolute Gasteiger partial charge is 0.460 e. The number of ether oxygens (including phenoxy) is 3. The molecule has 0 bridgehead atoms. The number of nitrogens with zero attached hydrogens (tertiary/aromatic N) is 1. The molecule has 0 rings (SSSR count). The van der Waals surface area contributed by atoms with E-state index in [1.807, 2.05) is 0 Å². The molecule has 300 valence electrons. The van der Waals surface area contributed by atoms with Crippen molar-refractivity contribution in [3.8, 4) is 0 Å². The van der Waals surface area contributed by atoms with Crippen LogP contribution in [-0.4, -0.2) is 110 Å². The van der Waals surface area contributed by atoms with Crippen molar-refractivity contribution in [2.75, 3.05) is 27.2 Å². The molecule has 0 aromatic carbocycles. The summed E-state index contributed by atoms with van der Waals surface area (Å²) in [5.41, 5.74) is 0. The lowest BCUT2D eigenvalue weighted by molar-refractivity contribution is -0.840. The lowest BCUT2D eigenvalue weighted by Gasteiger charge is -2.43. The molecule has 0 saturated carbocycles. The summed E-state index contributed by atoms with van der Waals surface area (Å²) in [4.78, 5) is 11.6. The predicted octanol–water partition coefficient (Wildman–Crippen LogP) is 7.41. The highest BCUT2D eigenvalue weighted by Gasteiger charge is 2.90. The van der Waals surface area contributed by atoms with Gasteiger partial charge in [-0.3, -0.25) is 19.0 Å². The SMILES string of the molecule is C[N+](C)([O-])CCCNC(=O)C(F)(OC(F)(F)C(F)(OC(F)(F)C(F)(OC(F)(F)C(F)(F)C(F)(F)C(F)(F)F)C(F)(F)F)C(F)(F)F)C(F)(F)F. The van der Waals surface area contributed by atoms with Crippen LogP contribution >= 0.6 is 0 Å². The van der Waals surface area contributed by atoms with E-state index < -0.39 is 103 Å². The van der Waals surface area contributed by atoms with Crippen molar-refractivity contribution in [2.24, 2.45) is 0 Å². The van der Waals surface area contributed by atoms with Gasteiger partial charge in [-0.25, -0.2) is 0 Å². The van der Waals surface area contributed by atoms with Gasteiger partial charge < -0.3 is 15.2 Å². The Morgan fingerprint density at radius 3 is 1.16 bits per heavy atom. The summed E-state index contributed by atoms with van der Waals surface area (Å²) < 4.78 is 336. The van der Waals surface area contributed by atoms with Crippen molar-refractivity contribution in [3.63, 3.8) is 0 Å². The Morgan fingerprint density at radius 2 is 0.860 bits per heavy atom. The van der Waals surface area contributed by atoms with Crippen molar-refractivity contribution < 1.29 is 133 Å². The maximum Gasteiger partial charge on any atom is 0.460 e. The van der Waals surface area contributed by atoms with Crippen molar-refractivity contribution in [3.05, 3.63) is 5.21 Å². The molecule has 0 radical (unpaired) electrons. The highest BCUT2D eigenvalue weighted by molar-refractivity contribution is 5.84. The van der Waals surface area contributed by atoms with Crippen LogP contribution in [-0.2, 0) is 19.0 Å². The summed E-state index contributed by atoms with van der Waals surface area (Å²) in [6, 6.07) is 0.